The summed E-state index contributed by atoms with van der Waals surface area (Å²) in [5.74, 6) is -14.0. The predicted octanol–water partition coefficient (Wildman–Crippen LogP) is -5.33. The topological polar surface area (TPSA) is 531 Å². The summed E-state index contributed by atoms with van der Waals surface area (Å²) in [5, 5.41) is 55.2. The molecular formula is C55H92N16O16. The number of carboxylic acids is 2. The van der Waals surface area contributed by atoms with E-state index in [1.54, 1.807) is 71.9 Å². The number of hydrogen-bond acceptors (Lipinski definition) is 17. The number of amides is 11. The second kappa shape index (κ2) is 40.0. The Morgan fingerprint density at radius 3 is 1.53 bits per heavy atom. The highest BCUT2D eigenvalue weighted by Crippen LogP contribution is 2.12. The molecule has 32 nitrogen and oxygen atoms in total. The van der Waals surface area contributed by atoms with Crippen molar-refractivity contribution in [1.29, 1.82) is 0 Å². The van der Waals surface area contributed by atoms with E-state index < -0.39 is 169 Å². The van der Waals surface area contributed by atoms with Gasteiger partial charge in [0, 0.05) is 13.0 Å². The Kier molecular flexibility index (Phi) is 35.1. The molecule has 0 aromatic heterocycles. The standard InChI is InChI=1S/C55H92N16O16/c1-28(2)21-36(48(81)62-26-41(74)70-45(32(8)72)54(87)69-39(24-42(75)76)49(82)63-27-43(77)78)66-46(79)31(7)64-51(84)38(23-33-15-10-9-11-16-33)68-53(86)44(30(5)6)71-52(85)37(22-29(3)4)67-50(83)35(18-14-20-60-55(58)59)65-40(73)25-61-47(80)34(57)17-12-13-19-56/h9-11,15-16,28-32,34-39,44-45,72H,12-14,17-27,56-57H2,1-8H3,(H,61,80)(H,62,81)(H,63,82)(H,64,84)(H,65,73)(H,66,79)(H,67,83)(H,68,86)(H,69,87)(H,70,74)(H,71,85)(H,75,76)(H,77,78)(H4,58,59,60)/t31-,32+,34-,35-,36-,37-,38-,39-,44-,45-/m0/s1. The van der Waals surface area contributed by atoms with Crippen LogP contribution in [0.4, 0.5) is 0 Å². The number of carboxylic acid groups (broad SMARTS) is 2. The average molecular weight is 1230 g/mol. The molecule has 0 aliphatic carbocycles. The number of aliphatic carboxylic acids is 2. The zero-order valence-electron chi connectivity index (χ0n) is 50.7. The molecule has 488 valence electrons. The first-order chi connectivity index (χ1) is 40.8. The number of aliphatic hydroxyl groups is 1. The molecule has 1 aromatic rings. The van der Waals surface area contributed by atoms with Gasteiger partial charge in [-0.2, -0.15) is 0 Å². The van der Waals surface area contributed by atoms with Crippen LogP contribution in [0.15, 0.2) is 35.3 Å². The highest BCUT2D eigenvalue weighted by atomic mass is 16.4. The van der Waals surface area contributed by atoms with Crippen molar-refractivity contribution >= 4 is 82.9 Å². The third kappa shape index (κ3) is 31.4. The molecule has 0 fully saturated rings. The van der Waals surface area contributed by atoms with Crippen molar-refractivity contribution in [2.75, 3.05) is 32.7 Å². The quantitative estimate of drug-likeness (QED) is 0.0165. The molecule has 0 radical (unpaired) electrons. The molecule has 0 aliphatic heterocycles. The number of aliphatic imine (C=N–C) groups is 1. The predicted molar refractivity (Wildman–Crippen MR) is 316 cm³/mol. The van der Waals surface area contributed by atoms with Crippen LogP contribution in [0.25, 0.3) is 0 Å². The molecule has 0 saturated carbocycles. The maximum Gasteiger partial charge on any atom is 0.322 e. The number of aliphatic hydroxyl groups excluding tert-OH is 1. The average Bonchev–Trinajstić information content (AvgIpc) is 2.70. The molecule has 22 N–H and O–H groups in total. The Morgan fingerprint density at radius 2 is 0.989 bits per heavy atom. The van der Waals surface area contributed by atoms with E-state index in [-0.39, 0.29) is 56.4 Å². The van der Waals surface area contributed by atoms with Crippen LogP contribution in [0.2, 0.25) is 0 Å². The number of unbranched alkanes of at least 4 members (excludes halogenated alkanes) is 1. The van der Waals surface area contributed by atoms with E-state index >= 15 is 0 Å². The Balaban J connectivity index is 3.32. The Bertz CT molecular complexity index is 2510. The van der Waals surface area contributed by atoms with Crippen LogP contribution >= 0.6 is 0 Å². The zero-order valence-corrected chi connectivity index (χ0v) is 50.7. The lowest BCUT2D eigenvalue weighted by Crippen LogP contribution is -2.61. The van der Waals surface area contributed by atoms with Crippen LogP contribution in [0.3, 0.4) is 0 Å². The van der Waals surface area contributed by atoms with Crippen molar-refractivity contribution in [3.8, 4) is 0 Å². The number of carbonyl (C=O) groups is 13. The van der Waals surface area contributed by atoms with E-state index in [0.29, 0.717) is 31.4 Å². The van der Waals surface area contributed by atoms with Crippen LogP contribution in [0, 0.1) is 17.8 Å². The van der Waals surface area contributed by atoms with Gasteiger partial charge in [0.15, 0.2) is 5.96 Å². The lowest BCUT2D eigenvalue weighted by Gasteiger charge is -2.29. The van der Waals surface area contributed by atoms with Gasteiger partial charge in [0.05, 0.1) is 31.7 Å². The van der Waals surface area contributed by atoms with Gasteiger partial charge in [0.25, 0.3) is 0 Å². The van der Waals surface area contributed by atoms with E-state index in [0.717, 1.165) is 6.92 Å². The highest BCUT2D eigenvalue weighted by Gasteiger charge is 2.36. The zero-order chi connectivity index (χ0) is 66.1. The summed E-state index contributed by atoms with van der Waals surface area (Å²) in [6.07, 6.45) is -0.865. The van der Waals surface area contributed by atoms with E-state index in [1.165, 1.54) is 6.92 Å². The number of hydrogen-bond donors (Lipinski definition) is 18. The summed E-state index contributed by atoms with van der Waals surface area (Å²) in [6, 6.07) is -3.89. The van der Waals surface area contributed by atoms with E-state index in [1.807, 2.05) is 5.32 Å². The molecule has 0 spiro atoms. The number of guanidine groups is 1. The molecule has 0 bridgehead atoms. The maximum absolute atomic E-state index is 14.3. The molecule has 0 heterocycles. The monoisotopic (exact) mass is 1230 g/mol. The molecule has 87 heavy (non-hydrogen) atoms. The number of nitrogens with one attached hydrogen (secondary N) is 11. The van der Waals surface area contributed by atoms with E-state index in [4.69, 9.17) is 28.0 Å². The van der Waals surface area contributed by atoms with Gasteiger partial charge >= 0.3 is 11.9 Å². The van der Waals surface area contributed by atoms with Gasteiger partial charge in [0.1, 0.15) is 54.9 Å². The fourth-order valence-corrected chi connectivity index (χ4v) is 8.27. The molecule has 1 aromatic carbocycles. The molecule has 0 unspecified atom stereocenters. The van der Waals surface area contributed by atoms with Crippen molar-refractivity contribution in [1.82, 2.24) is 58.5 Å². The third-order valence-electron chi connectivity index (χ3n) is 12.9. The Hall–Kier alpha value is -8.52. The fourth-order valence-electron chi connectivity index (χ4n) is 8.27. The van der Waals surface area contributed by atoms with Gasteiger partial charge in [-0.15, -0.1) is 0 Å². The number of benzene rings is 1. The minimum Gasteiger partial charge on any atom is -0.481 e. The summed E-state index contributed by atoms with van der Waals surface area (Å²) in [6.45, 7) is 11.0. The lowest BCUT2D eigenvalue weighted by atomic mass is 9.98. The van der Waals surface area contributed by atoms with Gasteiger partial charge in [-0.25, -0.2) is 0 Å². The second-order valence-electron chi connectivity index (χ2n) is 22.0. The van der Waals surface area contributed by atoms with Gasteiger partial charge in [-0.05, 0) is 82.2 Å². The third-order valence-corrected chi connectivity index (χ3v) is 12.9. The van der Waals surface area contributed by atoms with Crippen LogP contribution in [0.5, 0.6) is 0 Å². The number of nitrogens with two attached hydrogens (primary N) is 4. The molecular weight excluding hydrogens is 1140 g/mol. The second-order valence-corrected chi connectivity index (χ2v) is 22.0. The highest BCUT2D eigenvalue weighted by molar-refractivity contribution is 5.99. The first-order valence-corrected chi connectivity index (χ1v) is 28.7. The minimum absolute atomic E-state index is 0.000412. The summed E-state index contributed by atoms with van der Waals surface area (Å²) >= 11 is 0. The minimum atomic E-state index is -1.81. The molecule has 0 saturated heterocycles. The molecule has 0 aliphatic rings. The van der Waals surface area contributed by atoms with Crippen LogP contribution in [-0.4, -0.2) is 191 Å². The van der Waals surface area contributed by atoms with Crippen LogP contribution < -0.4 is 81.4 Å². The smallest absolute Gasteiger partial charge is 0.322 e. The Labute approximate surface area is 505 Å². The molecule has 1 rings (SSSR count). The maximum atomic E-state index is 14.3. The van der Waals surface area contributed by atoms with Crippen molar-refractivity contribution in [3.05, 3.63) is 35.9 Å². The van der Waals surface area contributed by atoms with Gasteiger partial charge < -0.3 is 96.7 Å². The lowest BCUT2D eigenvalue weighted by molar-refractivity contribution is -0.142. The summed E-state index contributed by atoms with van der Waals surface area (Å²) in [7, 11) is 0. The number of rotatable bonds is 41. The SMILES string of the molecule is CC(C)C[C@H](NC(=O)[C@H](C)NC(=O)[C@H](Cc1ccccc1)NC(=O)[C@@H](NC(=O)[C@H](CC(C)C)NC(=O)[C@H](CCCN=C(N)N)NC(=O)CNC(=O)[C@@H](N)CCCCN)C(C)C)C(=O)NCC(=O)N[C@H](C(=O)N[C@@H](CC(=O)O)C(=O)NCC(=O)O)[C@@H](C)O. The summed E-state index contributed by atoms with van der Waals surface area (Å²) < 4.78 is 0. The van der Waals surface area contributed by atoms with Crippen molar-refractivity contribution in [2.45, 2.75) is 174 Å². The van der Waals surface area contributed by atoms with E-state index in [2.05, 4.69) is 58.2 Å². The van der Waals surface area contributed by atoms with E-state index in [9.17, 15) is 72.5 Å². The van der Waals surface area contributed by atoms with Crippen molar-refractivity contribution in [3.63, 3.8) is 0 Å². The summed E-state index contributed by atoms with van der Waals surface area (Å²) in [5.41, 5.74) is 23.0. The first kappa shape index (κ1) is 76.5. The van der Waals surface area contributed by atoms with Gasteiger partial charge in [-0.3, -0.25) is 67.3 Å². The normalized spacial score (nSPS) is 14.5. The molecule has 32 heteroatoms. The molecule has 11 amide bonds. The van der Waals surface area contributed by atoms with Crippen LogP contribution in [-0.2, 0) is 68.7 Å². The fraction of sp³-hybridized carbons (Fsp3) is 0.636. The largest absolute Gasteiger partial charge is 0.481 e. The number of nitrogens with zero attached hydrogens (tertiary/aromatic N) is 1. The van der Waals surface area contributed by atoms with Crippen molar-refractivity contribution in [2.24, 2.45) is 45.7 Å². The molecule has 10 atom stereocenters. The van der Waals surface area contributed by atoms with Gasteiger partial charge in [0.2, 0.25) is 65.0 Å². The van der Waals surface area contributed by atoms with Gasteiger partial charge in [-0.1, -0.05) is 78.3 Å². The summed E-state index contributed by atoms with van der Waals surface area (Å²) in [4.78, 5) is 174. The Morgan fingerprint density at radius 1 is 0.494 bits per heavy atom. The van der Waals surface area contributed by atoms with Crippen molar-refractivity contribution < 1.29 is 77.6 Å². The van der Waals surface area contributed by atoms with Crippen LogP contribution in [0.1, 0.15) is 112 Å². The number of carbonyl (C=O) groups excluding carboxylic acids is 11. The first-order valence-electron chi connectivity index (χ1n) is 28.7.